The van der Waals surface area contributed by atoms with Crippen LogP contribution >= 0.6 is 0 Å². The summed E-state index contributed by atoms with van der Waals surface area (Å²) in [5.41, 5.74) is 27.6. The molecule has 1 aliphatic rings. The molecule has 2 heterocycles. The number of nitrogens with two attached hydrogens (primary N) is 4. The largest absolute Gasteiger partial charge is 0.494 e. The lowest BCUT2D eigenvalue weighted by Crippen LogP contribution is -2.46. The molecule has 71 heavy (non-hydrogen) atoms. The Kier molecular flexibility index (Phi) is 20.2. The number of hydrogen-bond donors (Lipinski definition) is 5. The van der Waals surface area contributed by atoms with Crippen LogP contribution in [0.15, 0.2) is 60.7 Å². The lowest BCUT2D eigenvalue weighted by Gasteiger charge is -2.32. The topological polar surface area (TPSA) is 282 Å². The third-order valence-electron chi connectivity index (χ3n) is 12.4. The van der Waals surface area contributed by atoms with Crippen LogP contribution in [-0.2, 0) is 25.6 Å². The van der Waals surface area contributed by atoms with Crippen LogP contribution in [-0.4, -0.2) is 96.6 Å². The first kappa shape index (κ1) is 55.2. The summed E-state index contributed by atoms with van der Waals surface area (Å²) < 4.78 is 18.5. The summed E-state index contributed by atoms with van der Waals surface area (Å²) in [6.07, 6.45) is 1.43. The molecule has 0 saturated heterocycles. The molecule has 4 bridgehead atoms. The summed E-state index contributed by atoms with van der Waals surface area (Å²) >= 11 is 0. The molecule has 1 aromatic heterocycles. The molecule has 0 unspecified atom stereocenters. The lowest BCUT2D eigenvalue weighted by molar-refractivity contribution is -0.142. The number of fused-ring (bicyclic) bond motifs is 5. The van der Waals surface area contributed by atoms with Crippen LogP contribution in [0.3, 0.4) is 0 Å². The van der Waals surface area contributed by atoms with Gasteiger partial charge in [-0.15, -0.1) is 0 Å². The molecule has 17 heteroatoms. The molecule has 5 rings (SSSR count). The second-order valence-corrected chi connectivity index (χ2v) is 19.4. The van der Waals surface area contributed by atoms with E-state index >= 15 is 0 Å². The predicted molar refractivity (Wildman–Crippen MR) is 272 cm³/mol. The van der Waals surface area contributed by atoms with Gasteiger partial charge in [-0.25, -0.2) is 9.97 Å². The average molecular weight is 974 g/mol. The van der Waals surface area contributed by atoms with Crippen LogP contribution in [0.2, 0.25) is 0 Å². The van der Waals surface area contributed by atoms with Gasteiger partial charge < -0.3 is 47.4 Å². The maximum Gasteiger partial charge on any atom is 0.226 e. The Balaban J connectivity index is 1.53. The minimum Gasteiger partial charge on any atom is -0.494 e. The Morgan fingerprint density at radius 2 is 1.52 bits per heavy atom. The number of likely N-dealkylation sites (N-methyl/N-ethyl adjacent to an activating group) is 1. The highest BCUT2D eigenvalue weighted by molar-refractivity contribution is 6.03. The fraction of sp³-hybridized carbons (Fsp3) is 0.481. The molecule has 17 nitrogen and oxygen atoms in total. The van der Waals surface area contributed by atoms with Gasteiger partial charge in [0.2, 0.25) is 11.8 Å². The standard InChI is InChI=1S/C54H71N9O8/c1-33-28-45(66)49(63(6)53(68)38(19-24-58)32-44(65)48-34(2)60-51(62-50(48)59)36-12-15-39(16-13-36)69-27-20-54(3,4)5)37-14-18-47(71-26-9-23-57)41(31-37)40-29-35(11-17-46(40)70-25-8-22-56)30-42(61-52(33)67)43(64)10-7-21-55/h11-18,29,31,33,38,42,49H,7-10,19-20,22-28,30,32,56-58H2,1-6H3,(H,61,67)(H2,59,60,62)/t33-,38-,42+,49+/m1/s1. The minimum atomic E-state index is -1.27. The summed E-state index contributed by atoms with van der Waals surface area (Å²) in [6, 6.07) is 17.6. The second kappa shape index (κ2) is 25.9. The number of carbonyl (C=O) groups excluding carboxylic acids is 5. The third kappa shape index (κ3) is 15.1. The molecule has 2 amide bonds. The van der Waals surface area contributed by atoms with Gasteiger partial charge in [-0.1, -0.05) is 39.8 Å². The molecule has 0 radical (unpaired) electrons. The van der Waals surface area contributed by atoms with Gasteiger partial charge in [0.05, 0.1) is 43.2 Å². The third-order valence-corrected chi connectivity index (χ3v) is 12.4. The highest BCUT2D eigenvalue weighted by Gasteiger charge is 2.37. The van der Waals surface area contributed by atoms with Gasteiger partial charge in [-0.3, -0.25) is 24.0 Å². The first-order chi connectivity index (χ1) is 33.9. The highest BCUT2D eigenvalue weighted by Crippen LogP contribution is 2.41. The van der Waals surface area contributed by atoms with Crippen LogP contribution in [0.5, 0.6) is 17.2 Å². The smallest absolute Gasteiger partial charge is 0.226 e. The molecule has 0 saturated carbocycles. The maximum absolute atomic E-state index is 14.9. The van der Waals surface area contributed by atoms with E-state index in [1.165, 1.54) is 11.9 Å². The van der Waals surface area contributed by atoms with E-state index in [0.29, 0.717) is 89.1 Å². The molecule has 0 fully saturated rings. The fourth-order valence-electron chi connectivity index (χ4n) is 8.40. The van der Waals surface area contributed by atoms with Gasteiger partial charge in [0.1, 0.15) is 29.1 Å². The molecule has 4 atom stereocenters. The first-order valence-electron chi connectivity index (χ1n) is 24.4. The lowest BCUT2D eigenvalue weighted by atomic mass is 9.88. The SMILES string of the molecule is Cc1nc(-c2ccc(OCCC(C)(C)C)cc2)nc(N)c1C(=O)C[C@@H](CCN)C(=O)N(C)[C@@H]1C(=O)C[C@@H](C)C(=O)N[C@H](C(=O)CCC#N)Cc2ccc(OCCCN)c(c2)-c2cc1ccc2OCCCN. The van der Waals surface area contributed by atoms with Gasteiger partial charge in [0.15, 0.2) is 23.2 Å². The van der Waals surface area contributed by atoms with Gasteiger partial charge in [0, 0.05) is 61.3 Å². The summed E-state index contributed by atoms with van der Waals surface area (Å²) in [5, 5.41) is 12.1. The number of aromatic nitrogens is 2. The van der Waals surface area contributed by atoms with E-state index in [9.17, 15) is 29.2 Å². The van der Waals surface area contributed by atoms with Crippen molar-refractivity contribution >= 4 is 35.0 Å². The Hall–Kier alpha value is -6.74. The van der Waals surface area contributed by atoms with Crippen molar-refractivity contribution in [1.29, 1.82) is 5.26 Å². The number of carbonyl (C=O) groups is 5. The van der Waals surface area contributed by atoms with Crippen LogP contribution in [0.4, 0.5) is 5.82 Å². The van der Waals surface area contributed by atoms with Gasteiger partial charge >= 0.3 is 0 Å². The number of ether oxygens (including phenoxy) is 3. The quantitative estimate of drug-likeness (QED) is 0.0432. The number of amides is 2. The summed E-state index contributed by atoms with van der Waals surface area (Å²) in [5.74, 6) is -2.42. The van der Waals surface area contributed by atoms with Crippen molar-refractivity contribution in [1.82, 2.24) is 20.2 Å². The number of nitriles is 1. The van der Waals surface area contributed by atoms with Crippen molar-refractivity contribution in [2.45, 2.75) is 104 Å². The average Bonchev–Trinajstić information content (AvgIpc) is 3.32. The van der Waals surface area contributed by atoms with Crippen molar-refractivity contribution in [3.05, 3.63) is 83.0 Å². The summed E-state index contributed by atoms with van der Waals surface area (Å²) in [4.78, 5) is 81.9. The number of nitrogen functional groups attached to an aromatic ring is 1. The zero-order valence-corrected chi connectivity index (χ0v) is 42.1. The molecular formula is C54H71N9O8. The first-order valence-corrected chi connectivity index (χ1v) is 24.4. The Labute approximate surface area is 417 Å². The van der Waals surface area contributed by atoms with Crippen molar-refractivity contribution in [2.24, 2.45) is 34.5 Å². The van der Waals surface area contributed by atoms with Crippen molar-refractivity contribution in [3.63, 3.8) is 0 Å². The van der Waals surface area contributed by atoms with Crippen LogP contribution < -0.4 is 42.5 Å². The summed E-state index contributed by atoms with van der Waals surface area (Å²) in [7, 11) is 1.49. The fourth-order valence-corrected chi connectivity index (χ4v) is 8.40. The van der Waals surface area contributed by atoms with Crippen LogP contribution in [0, 0.1) is 35.5 Å². The van der Waals surface area contributed by atoms with E-state index in [0.717, 1.165) is 6.42 Å². The van der Waals surface area contributed by atoms with Crippen molar-refractivity contribution in [2.75, 3.05) is 52.2 Å². The zero-order valence-electron chi connectivity index (χ0n) is 42.1. The molecule has 1 aliphatic heterocycles. The van der Waals surface area contributed by atoms with Gasteiger partial charge in [0.25, 0.3) is 0 Å². The molecule has 0 spiro atoms. The van der Waals surface area contributed by atoms with Crippen molar-refractivity contribution in [3.8, 4) is 45.8 Å². The molecule has 4 aromatic rings. The van der Waals surface area contributed by atoms with Gasteiger partial charge in [-0.2, -0.15) is 5.26 Å². The molecule has 9 N–H and O–H groups in total. The van der Waals surface area contributed by atoms with E-state index in [1.54, 1.807) is 38.1 Å². The molecule has 380 valence electrons. The van der Waals surface area contributed by atoms with Gasteiger partial charge in [-0.05, 0) is 124 Å². The minimum absolute atomic E-state index is 0.0373. The number of benzene rings is 3. The van der Waals surface area contributed by atoms with E-state index in [1.807, 2.05) is 42.5 Å². The Morgan fingerprint density at radius 3 is 2.13 bits per heavy atom. The number of hydrogen-bond acceptors (Lipinski definition) is 15. The van der Waals surface area contributed by atoms with E-state index in [-0.39, 0.29) is 80.9 Å². The monoisotopic (exact) mass is 974 g/mol. The van der Waals surface area contributed by atoms with E-state index in [2.05, 4.69) is 36.1 Å². The van der Waals surface area contributed by atoms with Crippen molar-refractivity contribution < 1.29 is 38.2 Å². The molecular weight excluding hydrogens is 903 g/mol. The van der Waals surface area contributed by atoms with E-state index < -0.39 is 47.3 Å². The second-order valence-electron chi connectivity index (χ2n) is 19.4. The van der Waals surface area contributed by atoms with E-state index in [4.69, 9.17) is 37.1 Å². The maximum atomic E-state index is 14.9. The number of Topliss-reactive ketones (excluding diaryl/α,β-unsaturated/α-hetero) is 3. The summed E-state index contributed by atoms with van der Waals surface area (Å²) in [6.45, 7) is 11.6. The number of aryl methyl sites for hydroxylation is 1. The Bertz CT molecular complexity index is 2530. The van der Waals surface area contributed by atoms with Crippen LogP contribution in [0.1, 0.15) is 112 Å². The number of nitrogens with zero attached hydrogens (tertiary/aromatic N) is 4. The number of nitrogens with one attached hydrogen (secondary N) is 1. The number of rotatable bonds is 22. The number of anilines is 1. The Morgan fingerprint density at radius 1 is 0.873 bits per heavy atom. The normalized spacial score (nSPS) is 16.5. The van der Waals surface area contributed by atoms with Crippen LogP contribution in [0.25, 0.3) is 22.5 Å². The highest BCUT2D eigenvalue weighted by atomic mass is 16.5. The predicted octanol–water partition coefficient (Wildman–Crippen LogP) is 6.22. The zero-order chi connectivity index (χ0) is 51.8. The molecule has 0 aliphatic carbocycles. The number of ketones is 3. The molecule has 3 aromatic carbocycles.